The molecule has 0 unspecified atom stereocenters. The summed E-state index contributed by atoms with van der Waals surface area (Å²) in [5.74, 6) is 7.30. The fourth-order valence-electron chi connectivity index (χ4n) is 22.7. The van der Waals surface area contributed by atoms with Gasteiger partial charge in [0.25, 0.3) is 0 Å². The average molecular weight is 1450 g/mol. The first-order valence-electron chi connectivity index (χ1n) is 43.2. The fraction of sp³-hybridized carbons (Fsp3) is 0.781. The third-order valence-electron chi connectivity index (χ3n) is 31.2. The monoisotopic (exact) mass is 1440 g/mol. The summed E-state index contributed by atoms with van der Waals surface area (Å²) in [6.07, 6.45) is 23.1. The highest BCUT2D eigenvalue weighted by Gasteiger charge is 2.49. The minimum atomic E-state index is -0.650. The second-order valence-corrected chi connectivity index (χ2v) is 43.7. The summed E-state index contributed by atoms with van der Waals surface area (Å²) in [7, 11) is 0. The zero-order valence-electron chi connectivity index (χ0n) is 72.2. The zero-order valence-corrected chi connectivity index (χ0v) is 72.2. The highest BCUT2D eigenvalue weighted by Crippen LogP contribution is 2.59. The maximum Gasteiger partial charge on any atom is 0.336 e. The normalized spacial score (nSPS) is 30.6. The molecule has 4 aromatic rings. The van der Waals surface area contributed by atoms with Crippen molar-refractivity contribution < 1.29 is 15.3 Å². The molecular weight excluding hydrogens is 1290 g/mol. The molecule has 1 heterocycles. The summed E-state index contributed by atoms with van der Waals surface area (Å²) < 4.78 is 4.40. The second kappa shape index (κ2) is 30.3. The molecule has 0 bridgehead atoms. The molecule has 10 rings (SSSR count). The van der Waals surface area contributed by atoms with Crippen LogP contribution in [0.5, 0.6) is 17.2 Å². The first-order valence-corrected chi connectivity index (χ1v) is 43.2. The van der Waals surface area contributed by atoms with Gasteiger partial charge in [0.15, 0.2) is 0 Å². The maximum atomic E-state index is 17.4. The van der Waals surface area contributed by atoms with Gasteiger partial charge >= 0.3 is 17.1 Å². The van der Waals surface area contributed by atoms with Gasteiger partial charge in [0.2, 0.25) is 0 Å². The van der Waals surface area contributed by atoms with Gasteiger partial charge in [0, 0.05) is 16.7 Å². The number of hydrogen-bond donors (Lipinski definition) is 3. The lowest BCUT2D eigenvalue weighted by Crippen LogP contribution is -2.55. The largest absolute Gasteiger partial charge is 0.507 e. The third kappa shape index (κ3) is 16.2. The predicted octanol–water partition coefficient (Wildman–Crippen LogP) is 23.9. The first kappa shape index (κ1) is 83.0. The molecule has 3 N–H and O–H groups in total. The molecule has 6 aliphatic rings. The maximum absolute atomic E-state index is 17.4. The summed E-state index contributed by atoms with van der Waals surface area (Å²) in [6.45, 7) is 62.2. The van der Waals surface area contributed by atoms with Gasteiger partial charge in [-0.2, -0.15) is 0 Å². The summed E-state index contributed by atoms with van der Waals surface area (Å²) in [5, 5.41) is 41.2. The molecule has 0 spiro atoms. The van der Waals surface area contributed by atoms with E-state index in [4.69, 9.17) is 0 Å². The van der Waals surface area contributed by atoms with Crippen LogP contribution in [0.15, 0.2) is 32.6 Å². The topological polar surface area (TPSA) is 127 Å². The molecular formula is C96H153N3O6. The van der Waals surface area contributed by atoms with Crippen LogP contribution in [0.25, 0.3) is 0 Å². The van der Waals surface area contributed by atoms with Crippen LogP contribution >= 0.6 is 0 Å². The number of aromatic hydroxyl groups is 3. The molecule has 9 heteroatoms. The standard InChI is InChI=1S/C96H153N3O6/c1-58(2)64-28-40-91(22,41-29-64)73-52-76(88(13,14)15)82(100)79(94(25)46-34-67(35-47-94)61(7)8)70(73)55-97-85(103)98(56-71-74(92(23)42-30-65(31-43-92)59(3)4)53-77(89(16,17)18)83(101)80(71)95(26)48-36-68(37-49-95)62(9)10)87(105)99(86(97)104)57-72-75(93(24)44-32-66(33-45-93)60(5)6)54-78(90(19,20)21)84(102)81(72)96(27)50-38-69(39-51-96)63(11)12/h52-54,58-69,100-102H,28-51,55-57H2,1-27H3. The summed E-state index contributed by atoms with van der Waals surface area (Å²) >= 11 is 0. The number of rotatable bonds is 18. The lowest BCUT2D eigenvalue weighted by Gasteiger charge is -2.45. The smallest absolute Gasteiger partial charge is 0.336 e. The van der Waals surface area contributed by atoms with E-state index in [1.54, 1.807) is 0 Å². The van der Waals surface area contributed by atoms with E-state index in [0.29, 0.717) is 71.0 Å². The van der Waals surface area contributed by atoms with E-state index in [-0.39, 0.29) is 53.1 Å². The number of benzene rings is 3. The number of hydrogen-bond acceptors (Lipinski definition) is 6. The highest BCUT2D eigenvalue weighted by molar-refractivity contribution is 5.61. The Kier molecular flexibility index (Phi) is 23.9. The van der Waals surface area contributed by atoms with E-state index in [1.165, 1.54) is 13.7 Å². The third-order valence-corrected chi connectivity index (χ3v) is 31.2. The van der Waals surface area contributed by atoms with Crippen molar-refractivity contribution in [1.82, 2.24) is 13.7 Å². The van der Waals surface area contributed by atoms with Crippen molar-refractivity contribution in [2.75, 3.05) is 0 Å². The van der Waals surface area contributed by atoms with Crippen molar-refractivity contribution in [3.05, 3.63) is 116 Å². The van der Waals surface area contributed by atoms with Gasteiger partial charge in [-0.1, -0.05) is 205 Å². The Morgan fingerprint density at radius 2 is 0.457 bits per heavy atom. The Labute approximate surface area is 639 Å². The van der Waals surface area contributed by atoms with Gasteiger partial charge in [0.1, 0.15) is 17.2 Å². The zero-order chi connectivity index (χ0) is 77.8. The molecule has 9 nitrogen and oxygen atoms in total. The molecule has 3 aromatic carbocycles. The summed E-state index contributed by atoms with van der Waals surface area (Å²) in [5.41, 5.74) is 5.40. The van der Waals surface area contributed by atoms with E-state index >= 15 is 14.4 Å². The minimum absolute atomic E-state index is 0.125. The number of phenols is 3. The predicted molar refractivity (Wildman–Crippen MR) is 442 cm³/mol. The van der Waals surface area contributed by atoms with Crippen LogP contribution in [-0.2, 0) is 68.4 Å². The van der Waals surface area contributed by atoms with E-state index in [0.717, 1.165) is 221 Å². The molecule has 6 fully saturated rings. The molecule has 6 saturated carbocycles. The van der Waals surface area contributed by atoms with Crippen molar-refractivity contribution >= 4 is 0 Å². The Hall–Kier alpha value is -4.53. The Balaban J connectivity index is 1.36. The van der Waals surface area contributed by atoms with E-state index in [1.807, 2.05) is 0 Å². The molecule has 1 aromatic heterocycles. The van der Waals surface area contributed by atoms with Crippen molar-refractivity contribution in [3.8, 4) is 17.2 Å². The number of phenolic OH excluding ortho intramolecular Hbond substituents is 3. The van der Waals surface area contributed by atoms with Gasteiger partial charge in [-0.25, -0.2) is 28.1 Å². The molecule has 0 atom stereocenters. The number of nitrogens with zero attached hydrogens (tertiary/aromatic N) is 3. The Morgan fingerprint density at radius 3 is 0.600 bits per heavy atom. The van der Waals surface area contributed by atoms with E-state index < -0.39 is 49.6 Å². The molecule has 0 amide bonds. The summed E-state index contributed by atoms with van der Waals surface area (Å²) in [6, 6.07) is 6.90. The highest BCUT2D eigenvalue weighted by atomic mass is 16.3. The fourth-order valence-corrected chi connectivity index (χ4v) is 22.7. The van der Waals surface area contributed by atoms with Crippen LogP contribution in [0.4, 0.5) is 0 Å². The lowest BCUT2D eigenvalue weighted by molar-refractivity contribution is 0.195. The van der Waals surface area contributed by atoms with Crippen LogP contribution in [0.1, 0.15) is 408 Å². The molecule has 588 valence electrons. The second-order valence-electron chi connectivity index (χ2n) is 43.7. The van der Waals surface area contributed by atoms with Gasteiger partial charge in [-0.05, 0) is 324 Å². The van der Waals surface area contributed by atoms with Crippen molar-refractivity contribution in [3.63, 3.8) is 0 Å². The van der Waals surface area contributed by atoms with Crippen LogP contribution < -0.4 is 17.1 Å². The van der Waals surface area contributed by atoms with E-state index in [9.17, 15) is 15.3 Å². The average Bonchev–Trinajstić information content (AvgIpc) is 0.730. The molecule has 6 aliphatic carbocycles. The first-order chi connectivity index (χ1) is 48.5. The molecule has 0 radical (unpaired) electrons. The van der Waals surface area contributed by atoms with Crippen molar-refractivity contribution in [2.24, 2.45) is 71.0 Å². The molecule has 0 saturated heterocycles. The molecule has 105 heavy (non-hydrogen) atoms. The quantitative estimate of drug-likeness (QED) is 0.0911. The SMILES string of the molecule is CC(C)C1CCC(C)(c2cc(C(C)(C)C)c(O)c(C3(C)CCC(C(C)C)CC3)c2Cn2c(=O)n(Cc3c(C4(C)CCC(C(C)C)CC4)cc(C(C)(C)C)c(O)c3C3(C)CCC(C(C)C)CC3)c(=O)n(Cc3c(C4(C)CCC(C(C)C)CC4)cc(C(C)(C)C)c(O)c3C3(C)CCC(C(C)C)CC3)c2=O)CC1. The Morgan fingerprint density at radius 1 is 0.305 bits per heavy atom. The number of aromatic nitrogens is 3. The Bertz CT molecular complexity index is 3490. The van der Waals surface area contributed by atoms with Gasteiger partial charge in [0.05, 0.1) is 19.6 Å². The van der Waals surface area contributed by atoms with Crippen LogP contribution in [-0.4, -0.2) is 29.0 Å². The van der Waals surface area contributed by atoms with Gasteiger partial charge in [-0.15, -0.1) is 0 Å². The van der Waals surface area contributed by atoms with E-state index in [2.05, 4.69) is 205 Å². The summed E-state index contributed by atoms with van der Waals surface area (Å²) in [4.78, 5) is 52.3. The van der Waals surface area contributed by atoms with Crippen LogP contribution in [0.2, 0.25) is 0 Å². The van der Waals surface area contributed by atoms with Gasteiger partial charge < -0.3 is 15.3 Å². The molecule has 0 aliphatic heterocycles. The van der Waals surface area contributed by atoms with Crippen molar-refractivity contribution in [2.45, 2.75) is 409 Å². The van der Waals surface area contributed by atoms with Crippen LogP contribution in [0.3, 0.4) is 0 Å². The van der Waals surface area contributed by atoms with Crippen molar-refractivity contribution in [1.29, 1.82) is 0 Å². The minimum Gasteiger partial charge on any atom is -0.507 e. The van der Waals surface area contributed by atoms with Gasteiger partial charge in [-0.3, -0.25) is 0 Å². The lowest BCUT2D eigenvalue weighted by atomic mass is 9.60. The van der Waals surface area contributed by atoms with Crippen LogP contribution in [0, 0.1) is 71.0 Å².